The van der Waals surface area contributed by atoms with E-state index >= 15 is 0 Å². The molecule has 0 unspecified atom stereocenters. The highest BCUT2D eigenvalue weighted by atomic mass is 35.5. The van der Waals surface area contributed by atoms with Crippen LogP contribution in [0.15, 0.2) is 54.9 Å². The molecule has 0 atom stereocenters. The highest BCUT2D eigenvalue weighted by Crippen LogP contribution is 2.27. The molecule has 0 spiro atoms. The molecule has 4 aromatic rings. The Morgan fingerprint density at radius 1 is 0.833 bits per heavy atom. The van der Waals surface area contributed by atoms with Gasteiger partial charge in [-0.3, -0.25) is 20.2 Å². The van der Waals surface area contributed by atoms with Crippen LogP contribution < -0.4 is 0 Å². The number of pyridine rings is 2. The van der Waals surface area contributed by atoms with E-state index in [2.05, 4.69) is 9.97 Å². The van der Waals surface area contributed by atoms with Crippen LogP contribution in [0.4, 0.5) is 11.4 Å². The molecule has 154 valence electrons. The van der Waals surface area contributed by atoms with Crippen molar-refractivity contribution in [3.05, 3.63) is 91.2 Å². The zero-order chi connectivity index (χ0) is 21.1. The Balaban J connectivity index is 0.000000207. The lowest BCUT2D eigenvalue weighted by molar-refractivity contribution is -0.383. The standard InChI is InChI=1S/C10H7ClN2O2.C10H8N2O2.CH4/c1-6-2-7-4-8(11)5-12-10(7)9(3-6)13(14)15;1-7-5-8-3-2-4-11-10(8)9(6-7)12(13)14;/h2-5H,1H3;2-6H,1H3;1H4. The first-order chi connectivity index (χ1) is 13.8. The molecule has 0 saturated heterocycles. The number of hydrogen-bond donors (Lipinski definition) is 0. The van der Waals surface area contributed by atoms with Crippen LogP contribution in [-0.2, 0) is 0 Å². The molecule has 4 rings (SSSR count). The fraction of sp³-hybridized carbons (Fsp3) is 0.143. The molecule has 9 heteroatoms. The normalized spacial score (nSPS) is 10.1. The molecule has 30 heavy (non-hydrogen) atoms. The molecule has 8 nitrogen and oxygen atoms in total. The number of aromatic nitrogens is 2. The summed E-state index contributed by atoms with van der Waals surface area (Å²) in [5, 5.41) is 23.5. The van der Waals surface area contributed by atoms with Gasteiger partial charge in [0.2, 0.25) is 0 Å². The van der Waals surface area contributed by atoms with Crippen molar-refractivity contribution < 1.29 is 9.85 Å². The lowest BCUT2D eigenvalue weighted by atomic mass is 10.1. The van der Waals surface area contributed by atoms with Gasteiger partial charge >= 0.3 is 0 Å². The van der Waals surface area contributed by atoms with E-state index in [9.17, 15) is 20.2 Å². The van der Waals surface area contributed by atoms with Crippen LogP contribution in [0.1, 0.15) is 18.6 Å². The average molecular weight is 427 g/mol. The van der Waals surface area contributed by atoms with E-state index in [1.165, 1.54) is 18.3 Å². The molecule has 0 bridgehead atoms. The van der Waals surface area contributed by atoms with Crippen LogP contribution in [0.25, 0.3) is 21.8 Å². The Morgan fingerprint density at radius 3 is 1.93 bits per heavy atom. The van der Waals surface area contributed by atoms with Crippen molar-refractivity contribution in [1.29, 1.82) is 0 Å². The number of aryl methyl sites for hydroxylation is 2. The molecular weight excluding hydrogens is 408 g/mol. The van der Waals surface area contributed by atoms with Crippen LogP contribution in [0.3, 0.4) is 0 Å². The first kappa shape index (κ1) is 22.6. The minimum absolute atomic E-state index is 0. The maximum atomic E-state index is 10.8. The number of nitro groups is 2. The molecule has 2 aromatic heterocycles. The van der Waals surface area contributed by atoms with Crippen LogP contribution in [0, 0.1) is 34.1 Å². The fourth-order valence-electron chi connectivity index (χ4n) is 2.95. The van der Waals surface area contributed by atoms with Crippen molar-refractivity contribution in [1.82, 2.24) is 9.97 Å². The third kappa shape index (κ3) is 4.84. The predicted molar refractivity (Wildman–Crippen MR) is 118 cm³/mol. The van der Waals surface area contributed by atoms with Gasteiger partial charge in [0.25, 0.3) is 11.4 Å². The first-order valence-corrected chi connectivity index (χ1v) is 8.84. The molecule has 0 aliphatic heterocycles. The quantitative estimate of drug-likeness (QED) is 0.279. The summed E-state index contributed by atoms with van der Waals surface area (Å²) in [6.45, 7) is 3.63. The molecule has 2 aromatic carbocycles. The second-order valence-electron chi connectivity index (χ2n) is 6.38. The summed E-state index contributed by atoms with van der Waals surface area (Å²) in [7, 11) is 0. The van der Waals surface area contributed by atoms with Gasteiger partial charge in [-0.15, -0.1) is 0 Å². The van der Waals surface area contributed by atoms with E-state index < -0.39 is 9.85 Å². The number of benzene rings is 2. The van der Waals surface area contributed by atoms with Gasteiger partial charge in [0.05, 0.1) is 14.9 Å². The second kappa shape index (κ2) is 9.23. The van der Waals surface area contributed by atoms with E-state index in [4.69, 9.17) is 11.6 Å². The fourth-order valence-corrected chi connectivity index (χ4v) is 3.11. The topological polar surface area (TPSA) is 112 Å². The van der Waals surface area contributed by atoms with Gasteiger partial charge in [0.1, 0.15) is 11.0 Å². The second-order valence-corrected chi connectivity index (χ2v) is 6.82. The number of rotatable bonds is 2. The number of halogens is 1. The predicted octanol–water partition coefficient (Wildman–Crippen LogP) is 6.19. The molecular formula is C21H19ClN4O4. The largest absolute Gasteiger partial charge is 0.295 e. The highest BCUT2D eigenvalue weighted by molar-refractivity contribution is 6.31. The van der Waals surface area contributed by atoms with E-state index in [1.54, 1.807) is 25.3 Å². The van der Waals surface area contributed by atoms with Crippen LogP contribution in [0.2, 0.25) is 5.02 Å². The molecule has 2 heterocycles. The average Bonchev–Trinajstić information content (AvgIpc) is 2.66. The number of hydrogen-bond acceptors (Lipinski definition) is 6. The minimum Gasteiger partial charge on any atom is -0.258 e. The Morgan fingerprint density at radius 2 is 1.37 bits per heavy atom. The summed E-state index contributed by atoms with van der Waals surface area (Å²) in [5.74, 6) is 0. The van der Waals surface area contributed by atoms with Crippen molar-refractivity contribution >= 4 is 44.8 Å². The Hall–Kier alpha value is -3.65. The van der Waals surface area contributed by atoms with Gasteiger partial charge in [-0.25, -0.2) is 9.97 Å². The third-order valence-corrected chi connectivity index (χ3v) is 4.30. The van der Waals surface area contributed by atoms with Crippen LogP contribution in [-0.4, -0.2) is 19.8 Å². The number of nitrogens with zero attached hydrogens (tertiary/aromatic N) is 4. The lowest BCUT2D eigenvalue weighted by Crippen LogP contribution is -1.92. The Kier molecular flexibility index (Phi) is 6.97. The van der Waals surface area contributed by atoms with Crippen molar-refractivity contribution in [2.45, 2.75) is 21.3 Å². The molecule has 0 aliphatic rings. The summed E-state index contributed by atoms with van der Waals surface area (Å²) >= 11 is 5.77. The van der Waals surface area contributed by atoms with E-state index in [0.29, 0.717) is 21.4 Å². The molecule has 0 saturated carbocycles. The number of non-ortho nitro benzene ring substituents is 2. The molecule has 0 fully saturated rings. The SMILES string of the molecule is C.Cc1cc([N+](=O)[O-])c2ncc(Cl)cc2c1.Cc1cc([N+](=O)[O-])c2ncccc2c1. The van der Waals surface area contributed by atoms with Crippen molar-refractivity contribution in [3.8, 4) is 0 Å². The summed E-state index contributed by atoms with van der Waals surface area (Å²) in [5.41, 5.74) is 2.59. The number of fused-ring (bicyclic) bond motifs is 2. The summed E-state index contributed by atoms with van der Waals surface area (Å²) < 4.78 is 0. The Labute approximate surface area is 177 Å². The van der Waals surface area contributed by atoms with Crippen LogP contribution in [0.5, 0.6) is 0 Å². The minimum atomic E-state index is -0.434. The van der Waals surface area contributed by atoms with Crippen molar-refractivity contribution in [2.75, 3.05) is 0 Å². The van der Waals surface area contributed by atoms with Gasteiger partial charge in [0, 0.05) is 35.3 Å². The zero-order valence-corrected chi connectivity index (χ0v) is 16.3. The summed E-state index contributed by atoms with van der Waals surface area (Å²) in [6.07, 6.45) is 2.97. The van der Waals surface area contributed by atoms with E-state index in [-0.39, 0.29) is 18.8 Å². The van der Waals surface area contributed by atoms with Crippen molar-refractivity contribution in [3.63, 3.8) is 0 Å². The summed E-state index contributed by atoms with van der Waals surface area (Å²) in [6, 6.07) is 12.0. The Bertz CT molecular complexity index is 1260. The van der Waals surface area contributed by atoms with Crippen LogP contribution >= 0.6 is 11.6 Å². The molecule has 0 N–H and O–H groups in total. The number of nitro benzene ring substituents is 2. The van der Waals surface area contributed by atoms with E-state index in [1.807, 2.05) is 25.1 Å². The monoisotopic (exact) mass is 426 g/mol. The van der Waals surface area contributed by atoms with Gasteiger partial charge < -0.3 is 0 Å². The van der Waals surface area contributed by atoms with Gasteiger partial charge in [-0.05, 0) is 49.2 Å². The van der Waals surface area contributed by atoms with E-state index in [0.717, 1.165) is 16.5 Å². The maximum absolute atomic E-state index is 10.8. The third-order valence-electron chi connectivity index (χ3n) is 4.10. The molecule has 0 amide bonds. The molecule has 0 aliphatic carbocycles. The maximum Gasteiger partial charge on any atom is 0.295 e. The van der Waals surface area contributed by atoms with Gasteiger partial charge in [0.15, 0.2) is 0 Å². The summed E-state index contributed by atoms with van der Waals surface area (Å²) in [4.78, 5) is 28.7. The smallest absolute Gasteiger partial charge is 0.258 e. The zero-order valence-electron chi connectivity index (χ0n) is 15.5. The lowest BCUT2D eigenvalue weighted by Gasteiger charge is -2.01. The van der Waals surface area contributed by atoms with Crippen molar-refractivity contribution in [2.24, 2.45) is 0 Å². The highest BCUT2D eigenvalue weighted by Gasteiger charge is 2.14. The first-order valence-electron chi connectivity index (χ1n) is 8.46. The van der Waals surface area contributed by atoms with Gasteiger partial charge in [-0.2, -0.15) is 0 Å². The van der Waals surface area contributed by atoms with Gasteiger partial charge in [-0.1, -0.05) is 25.1 Å². The molecule has 0 radical (unpaired) electrons.